The molecule has 4 nitrogen and oxygen atoms in total. The van der Waals surface area contributed by atoms with Crippen molar-refractivity contribution >= 4 is 5.91 Å². The van der Waals surface area contributed by atoms with Gasteiger partial charge in [-0.2, -0.15) is 0 Å². The molecule has 1 amide bonds. The molecule has 3 aliphatic rings. The van der Waals surface area contributed by atoms with E-state index in [4.69, 9.17) is 0 Å². The summed E-state index contributed by atoms with van der Waals surface area (Å²) in [6.07, 6.45) is 6.09. The Kier molecular flexibility index (Phi) is 5.32. The minimum Gasteiger partial charge on any atom is -0.352 e. The summed E-state index contributed by atoms with van der Waals surface area (Å²) in [5.74, 6) is 0.874. The number of amides is 1. The van der Waals surface area contributed by atoms with Gasteiger partial charge in [-0.25, -0.2) is 0 Å². The monoisotopic (exact) mass is 355 g/mol. The van der Waals surface area contributed by atoms with E-state index < -0.39 is 0 Å². The maximum atomic E-state index is 12.1. The Hall–Kier alpha value is -1.39. The number of benzene rings is 1. The molecule has 3 fully saturated rings. The van der Waals surface area contributed by atoms with Gasteiger partial charge in [0.25, 0.3) is 0 Å². The highest BCUT2D eigenvalue weighted by Crippen LogP contribution is 2.44. The molecule has 2 saturated heterocycles. The molecule has 0 unspecified atom stereocenters. The first-order chi connectivity index (χ1) is 12.7. The molecule has 1 aliphatic carbocycles. The van der Waals surface area contributed by atoms with Crippen molar-refractivity contribution in [2.75, 3.05) is 39.3 Å². The molecule has 0 radical (unpaired) electrons. The van der Waals surface area contributed by atoms with Crippen molar-refractivity contribution in [3.63, 3.8) is 0 Å². The van der Waals surface area contributed by atoms with Gasteiger partial charge < -0.3 is 10.2 Å². The molecule has 2 aliphatic heterocycles. The molecule has 142 valence electrons. The second kappa shape index (κ2) is 7.69. The second-order valence-electron chi connectivity index (χ2n) is 8.76. The van der Waals surface area contributed by atoms with Gasteiger partial charge in [-0.05, 0) is 68.6 Å². The van der Waals surface area contributed by atoms with Gasteiger partial charge in [0.2, 0.25) is 5.91 Å². The second-order valence-corrected chi connectivity index (χ2v) is 8.76. The van der Waals surface area contributed by atoms with Gasteiger partial charge in [0.1, 0.15) is 0 Å². The average Bonchev–Trinajstić information content (AvgIpc) is 3.48. The molecule has 2 heterocycles. The lowest BCUT2D eigenvalue weighted by Crippen LogP contribution is -2.52. The van der Waals surface area contributed by atoms with Crippen LogP contribution in [0.25, 0.3) is 0 Å². The summed E-state index contributed by atoms with van der Waals surface area (Å²) in [6, 6.07) is 11.5. The van der Waals surface area contributed by atoms with E-state index in [1.807, 2.05) is 0 Å². The van der Waals surface area contributed by atoms with Crippen LogP contribution in [-0.2, 0) is 4.79 Å². The summed E-state index contributed by atoms with van der Waals surface area (Å²) in [5.41, 5.74) is 1.93. The number of likely N-dealkylation sites (N-methyl/N-ethyl adjacent to an activating group) is 1. The van der Waals surface area contributed by atoms with Crippen LogP contribution in [-0.4, -0.2) is 61.0 Å². The number of hydrogen-bond acceptors (Lipinski definition) is 3. The van der Waals surface area contributed by atoms with Gasteiger partial charge in [0.05, 0.1) is 6.54 Å². The highest BCUT2D eigenvalue weighted by Gasteiger charge is 2.42. The molecule has 0 aromatic heterocycles. The van der Waals surface area contributed by atoms with E-state index in [1.165, 1.54) is 50.8 Å². The molecule has 26 heavy (non-hydrogen) atoms. The number of nitrogens with one attached hydrogen (secondary N) is 1. The van der Waals surface area contributed by atoms with Gasteiger partial charge in [-0.15, -0.1) is 0 Å². The van der Waals surface area contributed by atoms with Crippen molar-refractivity contribution in [1.82, 2.24) is 15.1 Å². The predicted octanol–water partition coefficient (Wildman–Crippen LogP) is 2.86. The van der Waals surface area contributed by atoms with Crippen molar-refractivity contribution < 1.29 is 4.79 Å². The van der Waals surface area contributed by atoms with Crippen LogP contribution in [0.1, 0.15) is 50.5 Å². The van der Waals surface area contributed by atoms with E-state index >= 15 is 0 Å². The summed E-state index contributed by atoms with van der Waals surface area (Å²) in [5, 5.41) is 3.13. The van der Waals surface area contributed by atoms with Crippen LogP contribution in [0.2, 0.25) is 0 Å². The smallest absolute Gasteiger partial charge is 0.234 e. The fourth-order valence-corrected chi connectivity index (χ4v) is 4.94. The van der Waals surface area contributed by atoms with E-state index in [-0.39, 0.29) is 5.91 Å². The molecule has 4 heteroatoms. The van der Waals surface area contributed by atoms with Crippen LogP contribution in [0.15, 0.2) is 30.3 Å². The third-order valence-electron chi connectivity index (χ3n) is 6.66. The molecule has 1 aromatic carbocycles. The maximum absolute atomic E-state index is 12.1. The first-order valence-corrected chi connectivity index (χ1v) is 10.4. The SMILES string of the molecule is CCN1C[C@H](c2ccccc2)CC2(CCN(CC(=O)NC3CC3)CC2)C1. The minimum absolute atomic E-state index is 0.226. The number of carbonyl (C=O) groups is 1. The Labute approximate surface area is 157 Å². The zero-order valence-electron chi connectivity index (χ0n) is 16.1. The third kappa shape index (κ3) is 4.29. The minimum atomic E-state index is 0.226. The van der Waals surface area contributed by atoms with Crippen LogP contribution in [0.3, 0.4) is 0 Å². The molecular formula is C22H33N3O. The standard InChI is InChI=1S/C22H33N3O/c1-2-24-15-19(18-6-4-3-5-7-18)14-22(17-24)10-12-25(13-11-22)16-21(26)23-20-8-9-20/h3-7,19-20H,2,8-17H2,1H3,(H,23,26)/t19-/m1/s1. The first kappa shape index (κ1) is 18.0. The lowest BCUT2D eigenvalue weighted by molar-refractivity contribution is -0.123. The van der Waals surface area contributed by atoms with Crippen LogP contribution in [0.5, 0.6) is 0 Å². The summed E-state index contributed by atoms with van der Waals surface area (Å²) < 4.78 is 0. The van der Waals surface area contributed by atoms with Crippen molar-refractivity contribution in [2.24, 2.45) is 5.41 Å². The molecule has 0 bridgehead atoms. The number of rotatable bonds is 5. The average molecular weight is 356 g/mol. The van der Waals surface area contributed by atoms with Crippen LogP contribution < -0.4 is 5.32 Å². The van der Waals surface area contributed by atoms with Crippen LogP contribution in [0.4, 0.5) is 0 Å². The topological polar surface area (TPSA) is 35.6 Å². The lowest BCUT2D eigenvalue weighted by atomic mass is 9.68. The highest BCUT2D eigenvalue weighted by atomic mass is 16.2. The zero-order valence-corrected chi connectivity index (χ0v) is 16.1. The number of hydrogen-bond donors (Lipinski definition) is 1. The Morgan fingerprint density at radius 1 is 1.15 bits per heavy atom. The number of likely N-dealkylation sites (tertiary alicyclic amines) is 2. The van der Waals surface area contributed by atoms with E-state index in [0.29, 0.717) is 23.9 Å². The summed E-state index contributed by atoms with van der Waals surface area (Å²) in [7, 11) is 0. The van der Waals surface area contributed by atoms with E-state index in [9.17, 15) is 4.79 Å². The highest BCUT2D eigenvalue weighted by molar-refractivity contribution is 5.78. The molecule has 1 saturated carbocycles. The van der Waals surface area contributed by atoms with Gasteiger partial charge in [0.15, 0.2) is 0 Å². The molecular weight excluding hydrogens is 322 g/mol. The summed E-state index contributed by atoms with van der Waals surface area (Å²) in [4.78, 5) is 17.1. The Balaban J connectivity index is 1.37. The molecule has 1 spiro atoms. The quantitative estimate of drug-likeness (QED) is 0.882. The predicted molar refractivity (Wildman–Crippen MR) is 105 cm³/mol. The van der Waals surface area contributed by atoms with E-state index in [0.717, 1.165) is 19.6 Å². The Morgan fingerprint density at radius 3 is 2.54 bits per heavy atom. The van der Waals surface area contributed by atoms with Gasteiger partial charge in [-0.1, -0.05) is 37.3 Å². The van der Waals surface area contributed by atoms with E-state index in [1.54, 1.807) is 0 Å². The van der Waals surface area contributed by atoms with Crippen LogP contribution >= 0.6 is 0 Å². The number of nitrogens with zero attached hydrogens (tertiary/aromatic N) is 2. The van der Waals surface area contributed by atoms with Gasteiger partial charge in [-0.3, -0.25) is 9.69 Å². The normalized spacial score (nSPS) is 26.7. The summed E-state index contributed by atoms with van der Waals surface area (Å²) in [6.45, 7) is 8.57. The lowest BCUT2D eigenvalue weighted by Gasteiger charge is -2.50. The molecule has 4 rings (SSSR count). The number of piperidine rings is 2. The number of carbonyl (C=O) groups excluding carboxylic acids is 1. The van der Waals surface area contributed by atoms with Crippen molar-refractivity contribution in [3.05, 3.63) is 35.9 Å². The van der Waals surface area contributed by atoms with Gasteiger partial charge in [0, 0.05) is 19.1 Å². The fourth-order valence-electron chi connectivity index (χ4n) is 4.94. The van der Waals surface area contributed by atoms with Crippen molar-refractivity contribution in [2.45, 2.75) is 51.0 Å². The maximum Gasteiger partial charge on any atom is 0.234 e. The molecule has 1 atom stereocenters. The van der Waals surface area contributed by atoms with E-state index in [2.05, 4.69) is 52.4 Å². The molecule has 1 N–H and O–H groups in total. The molecule has 1 aromatic rings. The van der Waals surface area contributed by atoms with Crippen LogP contribution in [0, 0.1) is 5.41 Å². The van der Waals surface area contributed by atoms with Crippen molar-refractivity contribution in [3.8, 4) is 0 Å². The Morgan fingerprint density at radius 2 is 1.88 bits per heavy atom. The Bertz CT molecular complexity index is 605. The zero-order chi connectivity index (χ0) is 18.0. The largest absolute Gasteiger partial charge is 0.352 e. The first-order valence-electron chi connectivity index (χ1n) is 10.4. The van der Waals surface area contributed by atoms with Crippen molar-refractivity contribution in [1.29, 1.82) is 0 Å². The van der Waals surface area contributed by atoms with Gasteiger partial charge >= 0.3 is 0 Å². The summed E-state index contributed by atoms with van der Waals surface area (Å²) >= 11 is 0. The fraction of sp³-hybridized carbons (Fsp3) is 0.682. The third-order valence-corrected chi connectivity index (χ3v) is 6.66.